The van der Waals surface area contributed by atoms with Gasteiger partial charge in [0.1, 0.15) is 0 Å². The molecule has 1 aliphatic rings. The Bertz CT molecular complexity index is 1650. The van der Waals surface area contributed by atoms with E-state index in [0.29, 0.717) is 17.5 Å². The zero-order valence-corrected chi connectivity index (χ0v) is 27.7. The van der Waals surface area contributed by atoms with E-state index in [2.05, 4.69) is 65.3 Å². The molecule has 0 aliphatic carbocycles. The monoisotopic (exact) mass is 641 g/mol. The van der Waals surface area contributed by atoms with Crippen LogP contribution in [0.2, 0.25) is 0 Å². The van der Waals surface area contributed by atoms with Gasteiger partial charge in [0.15, 0.2) is 5.58 Å². The molecule has 0 bridgehead atoms. The Morgan fingerprint density at radius 3 is 2.26 bits per heavy atom. The number of esters is 2. The van der Waals surface area contributed by atoms with Gasteiger partial charge >= 0.3 is 17.7 Å². The molecule has 1 saturated heterocycles. The van der Waals surface area contributed by atoms with Crippen LogP contribution in [0.15, 0.2) is 82.0 Å². The van der Waals surface area contributed by atoms with Gasteiger partial charge in [-0.15, -0.1) is 0 Å². The van der Waals surface area contributed by atoms with Gasteiger partial charge in [-0.1, -0.05) is 100 Å². The number of oxazole rings is 1. The van der Waals surface area contributed by atoms with E-state index < -0.39 is 23.9 Å². The molecule has 0 radical (unpaired) electrons. The standard InChI is InChI=1S/C38H47N3O6/c1-3-5-6-7-8-9-13-22-34(42)46-36(37(43)45-4-2)41-33-21-15-20-32(35(33)47-38(41)44)40-25-23-39(24-26-40)28-29-16-14-19-31(27-29)30-17-11-10-12-18-30/h10-12,14-21,27,36H,3-9,13,22-26,28H2,1-2H3. The number of nitrogens with zero attached hydrogens (tertiary/aromatic N) is 3. The van der Waals surface area contributed by atoms with Crippen LogP contribution in [-0.2, 0) is 25.6 Å². The first-order valence-corrected chi connectivity index (χ1v) is 17.1. The predicted molar refractivity (Wildman–Crippen MR) is 184 cm³/mol. The van der Waals surface area contributed by atoms with Crippen molar-refractivity contribution in [3.63, 3.8) is 0 Å². The lowest BCUT2D eigenvalue weighted by molar-refractivity contribution is -0.174. The molecule has 2 heterocycles. The normalized spacial score (nSPS) is 14.3. The summed E-state index contributed by atoms with van der Waals surface area (Å²) in [5, 5.41) is 0. The second-order valence-electron chi connectivity index (χ2n) is 12.2. The summed E-state index contributed by atoms with van der Waals surface area (Å²) in [6.45, 7) is 7.92. The van der Waals surface area contributed by atoms with Crippen LogP contribution in [0.25, 0.3) is 22.2 Å². The molecule has 0 saturated carbocycles. The van der Waals surface area contributed by atoms with Crippen LogP contribution in [0, 0.1) is 0 Å². The fourth-order valence-corrected chi connectivity index (χ4v) is 6.23. The van der Waals surface area contributed by atoms with Crippen LogP contribution in [0.1, 0.15) is 77.0 Å². The van der Waals surface area contributed by atoms with Crippen LogP contribution in [0.3, 0.4) is 0 Å². The van der Waals surface area contributed by atoms with Gasteiger partial charge in [0.05, 0.1) is 17.8 Å². The van der Waals surface area contributed by atoms with Gasteiger partial charge in [-0.2, -0.15) is 0 Å². The molecule has 9 nitrogen and oxygen atoms in total. The summed E-state index contributed by atoms with van der Waals surface area (Å²) in [6.07, 6.45) is 5.99. The lowest BCUT2D eigenvalue weighted by Gasteiger charge is -2.36. The third-order valence-corrected chi connectivity index (χ3v) is 8.72. The molecular formula is C38H47N3O6. The molecule has 3 aromatic carbocycles. The molecule has 47 heavy (non-hydrogen) atoms. The molecule has 1 aromatic heterocycles. The minimum Gasteiger partial charge on any atom is -0.462 e. The first kappa shape index (κ1) is 34.0. The highest BCUT2D eigenvalue weighted by molar-refractivity contribution is 5.89. The van der Waals surface area contributed by atoms with Crippen molar-refractivity contribution in [1.82, 2.24) is 9.47 Å². The summed E-state index contributed by atoms with van der Waals surface area (Å²) in [5.41, 5.74) is 5.18. The molecule has 1 fully saturated rings. The molecule has 1 aliphatic heterocycles. The number of carbonyl (C=O) groups is 2. The highest BCUT2D eigenvalue weighted by Crippen LogP contribution is 2.30. The molecule has 9 heteroatoms. The lowest BCUT2D eigenvalue weighted by atomic mass is 10.0. The quantitative estimate of drug-likeness (QED) is 0.0928. The van der Waals surface area contributed by atoms with Gasteiger partial charge in [0.25, 0.3) is 6.23 Å². The smallest absolute Gasteiger partial charge is 0.423 e. The van der Waals surface area contributed by atoms with E-state index in [9.17, 15) is 14.4 Å². The van der Waals surface area contributed by atoms with Crippen molar-refractivity contribution in [2.75, 3.05) is 37.7 Å². The van der Waals surface area contributed by atoms with Gasteiger partial charge in [0.2, 0.25) is 0 Å². The van der Waals surface area contributed by atoms with Gasteiger partial charge in [-0.05, 0) is 48.2 Å². The van der Waals surface area contributed by atoms with Crippen LogP contribution in [-0.4, -0.2) is 54.2 Å². The number of aromatic nitrogens is 1. The molecule has 1 atom stereocenters. The molecule has 0 amide bonds. The van der Waals surface area contributed by atoms with Crippen LogP contribution in [0.4, 0.5) is 5.69 Å². The number of carbonyl (C=O) groups excluding carboxylic acids is 2. The van der Waals surface area contributed by atoms with Crippen molar-refractivity contribution < 1.29 is 23.5 Å². The zero-order chi connectivity index (χ0) is 33.0. The van der Waals surface area contributed by atoms with Crippen molar-refractivity contribution in [3.05, 3.63) is 88.9 Å². The molecule has 4 aromatic rings. The van der Waals surface area contributed by atoms with E-state index in [-0.39, 0.29) is 13.0 Å². The van der Waals surface area contributed by atoms with Gasteiger partial charge in [-0.25, -0.2) is 14.2 Å². The Morgan fingerprint density at radius 2 is 1.51 bits per heavy atom. The molecule has 0 spiro atoms. The number of hydrogen-bond acceptors (Lipinski definition) is 8. The summed E-state index contributed by atoms with van der Waals surface area (Å²) in [4.78, 5) is 43.7. The van der Waals surface area contributed by atoms with Crippen molar-refractivity contribution in [2.45, 2.75) is 78.0 Å². The van der Waals surface area contributed by atoms with Crippen molar-refractivity contribution in [3.8, 4) is 11.1 Å². The van der Waals surface area contributed by atoms with E-state index in [1.54, 1.807) is 13.0 Å². The number of rotatable bonds is 16. The average Bonchev–Trinajstić information content (AvgIpc) is 3.43. The van der Waals surface area contributed by atoms with Crippen molar-refractivity contribution in [2.24, 2.45) is 0 Å². The van der Waals surface area contributed by atoms with Crippen LogP contribution in [0.5, 0.6) is 0 Å². The minimum absolute atomic E-state index is 0.0846. The molecule has 250 valence electrons. The minimum atomic E-state index is -1.56. The van der Waals surface area contributed by atoms with Crippen LogP contribution < -0.4 is 10.7 Å². The Hall–Kier alpha value is -4.37. The molecule has 1 unspecified atom stereocenters. The number of piperazine rings is 1. The SMILES string of the molecule is CCCCCCCCCC(=O)OC(C(=O)OCC)n1c(=O)oc2c(N3CCN(Cc4cccc(-c5ccccc5)c4)CC3)cccc21. The lowest BCUT2D eigenvalue weighted by Crippen LogP contribution is -2.46. The maximum atomic E-state index is 13.2. The van der Waals surface area contributed by atoms with E-state index >= 15 is 0 Å². The molecular weight excluding hydrogens is 594 g/mol. The van der Waals surface area contributed by atoms with Crippen molar-refractivity contribution in [1.29, 1.82) is 0 Å². The van der Waals surface area contributed by atoms with Crippen LogP contribution >= 0.6 is 0 Å². The van der Waals surface area contributed by atoms with E-state index in [1.165, 1.54) is 36.0 Å². The summed E-state index contributed by atoms with van der Waals surface area (Å²) < 4.78 is 17.7. The number of fused-ring (bicyclic) bond motifs is 1. The van der Waals surface area contributed by atoms with Gasteiger partial charge < -0.3 is 18.8 Å². The maximum absolute atomic E-state index is 13.2. The summed E-state index contributed by atoms with van der Waals surface area (Å²) in [6, 6.07) is 24.5. The second kappa shape index (κ2) is 17.0. The fraction of sp³-hybridized carbons (Fsp3) is 0.447. The number of benzene rings is 3. The van der Waals surface area contributed by atoms with Gasteiger partial charge in [0, 0.05) is 39.1 Å². The number of hydrogen-bond donors (Lipinski definition) is 0. The number of unbranched alkanes of at least 4 members (excludes halogenated alkanes) is 6. The Labute approximate surface area is 277 Å². The molecule has 5 rings (SSSR count). The third kappa shape index (κ3) is 8.92. The van der Waals surface area contributed by atoms with Gasteiger partial charge in [-0.3, -0.25) is 9.69 Å². The maximum Gasteiger partial charge on any atom is 0.423 e. The molecule has 0 N–H and O–H groups in total. The van der Waals surface area contributed by atoms with E-state index in [1.807, 2.05) is 18.2 Å². The number of para-hydroxylation sites is 1. The zero-order valence-electron chi connectivity index (χ0n) is 27.7. The largest absolute Gasteiger partial charge is 0.462 e. The average molecular weight is 642 g/mol. The number of anilines is 1. The second-order valence-corrected chi connectivity index (χ2v) is 12.2. The Morgan fingerprint density at radius 1 is 0.809 bits per heavy atom. The number of ether oxygens (including phenoxy) is 2. The first-order valence-electron chi connectivity index (χ1n) is 17.1. The Kier molecular flexibility index (Phi) is 12.3. The fourth-order valence-electron chi connectivity index (χ4n) is 6.23. The summed E-state index contributed by atoms with van der Waals surface area (Å²) >= 11 is 0. The van der Waals surface area contributed by atoms with Crippen molar-refractivity contribution >= 4 is 28.7 Å². The first-order chi connectivity index (χ1) is 23.0. The predicted octanol–water partition coefficient (Wildman–Crippen LogP) is 7.33. The van der Waals surface area contributed by atoms with E-state index in [4.69, 9.17) is 13.9 Å². The summed E-state index contributed by atoms with van der Waals surface area (Å²) in [7, 11) is 0. The Balaban J connectivity index is 1.25. The van der Waals surface area contributed by atoms with E-state index in [0.717, 1.165) is 62.2 Å². The highest BCUT2D eigenvalue weighted by atomic mass is 16.6. The topological polar surface area (TPSA) is 94.2 Å². The third-order valence-electron chi connectivity index (χ3n) is 8.72. The highest BCUT2D eigenvalue weighted by Gasteiger charge is 2.32. The summed E-state index contributed by atoms with van der Waals surface area (Å²) in [5.74, 6) is -2.12.